The van der Waals surface area contributed by atoms with E-state index in [0.29, 0.717) is 17.5 Å². The molecular weight excluding hydrogens is 333 g/mol. The van der Waals surface area contributed by atoms with Crippen LogP contribution in [0.25, 0.3) is 0 Å². The van der Waals surface area contributed by atoms with Gasteiger partial charge in [-0.05, 0) is 19.1 Å². The van der Waals surface area contributed by atoms with Crippen LogP contribution >= 0.6 is 11.8 Å². The summed E-state index contributed by atoms with van der Waals surface area (Å²) in [6, 6.07) is 6.14. The average molecular weight is 351 g/mol. The zero-order chi connectivity index (χ0) is 17.5. The molecule has 6 nitrogen and oxygen atoms in total. The number of aromatic nitrogens is 3. The predicted molar refractivity (Wildman–Crippen MR) is 88.3 cm³/mol. The quantitative estimate of drug-likeness (QED) is 0.414. The van der Waals surface area contributed by atoms with Crippen molar-refractivity contribution in [1.82, 2.24) is 14.8 Å². The van der Waals surface area contributed by atoms with Gasteiger partial charge in [-0.3, -0.25) is 9.36 Å². The number of ether oxygens (including phenoxy) is 2. The number of methoxy groups -OCH3 is 1. The van der Waals surface area contributed by atoms with E-state index in [1.54, 1.807) is 35.8 Å². The Balaban J connectivity index is 2.14. The topological polar surface area (TPSA) is 66.2 Å². The molecule has 0 bridgehead atoms. The van der Waals surface area contributed by atoms with E-state index in [0.717, 1.165) is 0 Å². The monoisotopic (exact) mass is 351 g/mol. The molecule has 1 heterocycles. The number of carbonyl (C=O) groups excluding carboxylic acids is 1. The summed E-state index contributed by atoms with van der Waals surface area (Å²) in [5.41, 5.74) is 0. The minimum atomic E-state index is -0.443. The van der Waals surface area contributed by atoms with E-state index in [9.17, 15) is 9.18 Å². The number of benzene rings is 1. The Morgan fingerprint density at radius 2 is 2.21 bits per heavy atom. The van der Waals surface area contributed by atoms with Crippen LogP contribution in [0.3, 0.4) is 0 Å². The van der Waals surface area contributed by atoms with Crippen molar-refractivity contribution < 1.29 is 18.7 Å². The van der Waals surface area contributed by atoms with Crippen LogP contribution in [0.5, 0.6) is 5.75 Å². The van der Waals surface area contributed by atoms with E-state index in [4.69, 9.17) is 9.47 Å². The van der Waals surface area contributed by atoms with Gasteiger partial charge in [0.15, 0.2) is 22.5 Å². The van der Waals surface area contributed by atoms with Gasteiger partial charge in [-0.1, -0.05) is 30.0 Å². The summed E-state index contributed by atoms with van der Waals surface area (Å²) in [5.74, 6) is -0.140. The fourth-order valence-electron chi connectivity index (χ4n) is 1.90. The number of esters is 1. The third-order valence-corrected chi connectivity index (χ3v) is 4.17. The fourth-order valence-corrected chi connectivity index (χ4v) is 2.81. The number of halogens is 1. The Morgan fingerprint density at radius 3 is 2.88 bits per heavy atom. The van der Waals surface area contributed by atoms with Crippen LogP contribution in [-0.2, 0) is 22.7 Å². The minimum Gasteiger partial charge on any atom is -0.483 e. The lowest BCUT2D eigenvalue weighted by Gasteiger charge is -2.11. The van der Waals surface area contributed by atoms with Crippen LogP contribution in [0.15, 0.2) is 42.1 Å². The molecule has 1 unspecified atom stereocenters. The maximum absolute atomic E-state index is 13.6. The van der Waals surface area contributed by atoms with Crippen molar-refractivity contribution in [2.75, 3.05) is 7.11 Å². The third-order valence-electron chi connectivity index (χ3n) is 3.11. The number of thioether (sulfide) groups is 1. The molecule has 1 atom stereocenters. The molecule has 0 N–H and O–H groups in total. The van der Waals surface area contributed by atoms with Crippen LogP contribution in [-0.4, -0.2) is 33.1 Å². The number of nitrogens with zero attached hydrogens (tertiary/aromatic N) is 3. The van der Waals surface area contributed by atoms with Crippen LogP contribution in [0.4, 0.5) is 4.39 Å². The second-order valence-corrected chi connectivity index (χ2v) is 6.11. The molecule has 0 aliphatic heterocycles. The largest absolute Gasteiger partial charge is 0.483 e. The van der Waals surface area contributed by atoms with E-state index in [-0.39, 0.29) is 18.3 Å². The Bertz CT molecular complexity index is 720. The molecule has 1 aromatic carbocycles. The van der Waals surface area contributed by atoms with Crippen molar-refractivity contribution in [2.45, 2.75) is 30.5 Å². The first-order valence-corrected chi connectivity index (χ1v) is 8.09. The molecule has 1 aromatic heterocycles. The molecule has 0 amide bonds. The van der Waals surface area contributed by atoms with Gasteiger partial charge in [-0.25, -0.2) is 4.39 Å². The summed E-state index contributed by atoms with van der Waals surface area (Å²) in [6.45, 7) is 5.92. The first-order valence-electron chi connectivity index (χ1n) is 7.21. The molecule has 0 radical (unpaired) electrons. The van der Waals surface area contributed by atoms with Crippen LogP contribution in [0.2, 0.25) is 0 Å². The summed E-state index contributed by atoms with van der Waals surface area (Å²) < 4.78 is 25.5. The highest BCUT2D eigenvalue weighted by atomic mass is 32.2. The number of rotatable bonds is 8. The molecule has 2 rings (SSSR count). The Morgan fingerprint density at radius 1 is 1.46 bits per heavy atom. The number of allylic oxidation sites excluding steroid dienone is 1. The van der Waals surface area contributed by atoms with E-state index in [1.165, 1.54) is 24.9 Å². The molecule has 128 valence electrons. The Kier molecular flexibility index (Phi) is 6.36. The molecule has 0 fully saturated rings. The Labute approximate surface area is 143 Å². The predicted octanol–water partition coefficient (Wildman–Crippen LogP) is 2.84. The van der Waals surface area contributed by atoms with E-state index in [2.05, 4.69) is 16.8 Å². The van der Waals surface area contributed by atoms with Crippen LogP contribution < -0.4 is 4.74 Å². The highest BCUT2D eigenvalue weighted by molar-refractivity contribution is 8.00. The third kappa shape index (κ3) is 4.35. The summed E-state index contributed by atoms with van der Waals surface area (Å²) in [4.78, 5) is 11.6. The van der Waals surface area contributed by atoms with Crippen molar-refractivity contribution >= 4 is 17.7 Å². The lowest BCUT2D eigenvalue weighted by atomic mass is 10.3. The molecule has 2 aromatic rings. The van der Waals surface area contributed by atoms with Gasteiger partial charge in [0.1, 0.15) is 11.9 Å². The second-order valence-electron chi connectivity index (χ2n) is 4.80. The summed E-state index contributed by atoms with van der Waals surface area (Å²) in [5, 5.41) is 8.25. The SMILES string of the molecule is C=CCn1c(COc2ccccc2F)nnc1SC(C)C(=O)OC. The Hall–Kier alpha value is -2.35. The zero-order valence-electron chi connectivity index (χ0n) is 13.4. The lowest BCUT2D eigenvalue weighted by molar-refractivity contribution is -0.139. The molecule has 0 saturated carbocycles. The van der Waals surface area contributed by atoms with Gasteiger partial charge >= 0.3 is 5.97 Å². The fraction of sp³-hybridized carbons (Fsp3) is 0.312. The lowest BCUT2D eigenvalue weighted by Crippen LogP contribution is -2.16. The van der Waals surface area contributed by atoms with Crippen molar-refractivity contribution in [1.29, 1.82) is 0 Å². The van der Waals surface area contributed by atoms with E-state index < -0.39 is 11.1 Å². The van der Waals surface area contributed by atoms with Crippen LogP contribution in [0.1, 0.15) is 12.7 Å². The second kappa shape index (κ2) is 8.49. The van der Waals surface area contributed by atoms with Gasteiger partial charge in [-0.15, -0.1) is 16.8 Å². The molecular formula is C16H18FN3O3S. The average Bonchev–Trinajstić information content (AvgIpc) is 2.95. The number of hydrogen-bond donors (Lipinski definition) is 0. The maximum atomic E-state index is 13.6. The summed E-state index contributed by atoms with van der Waals surface area (Å²) in [6.07, 6.45) is 1.68. The highest BCUT2D eigenvalue weighted by Gasteiger charge is 2.20. The number of para-hydroxylation sites is 1. The van der Waals surface area contributed by atoms with Gasteiger partial charge in [0, 0.05) is 6.54 Å². The van der Waals surface area contributed by atoms with Gasteiger partial charge in [0.25, 0.3) is 0 Å². The highest BCUT2D eigenvalue weighted by Crippen LogP contribution is 2.24. The molecule has 0 saturated heterocycles. The summed E-state index contributed by atoms with van der Waals surface area (Å²) in [7, 11) is 1.33. The standard InChI is InChI=1S/C16H18FN3O3S/c1-4-9-20-14(10-23-13-8-6-5-7-12(13)17)18-19-16(20)24-11(2)15(21)22-3/h4-8,11H,1,9-10H2,2-3H3. The van der Waals surface area contributed by atoms with Gasteiger partial charge in [0.2, 0.25) is 0 Å². The molecule has 0 aliphatic rings. The van der Waals surface area contributed by atoms with E-state index in [1.807, 2.05) is 0 Å². The molecule has 8 heteroatoms. The first-order chi connectivity index (χ1) is 11.6. The van der Waals surface area contributed by atoms with Crippen molar-refractivity contribution in [3.8, 4) is 5.75 Å². The summed E-state index contributed by atoms with van der Waals surface area (Å²) >= 11 is 1.23. The van der Waals surface area contributed by atoms with Crippen molar-refractivity contribution in [3.63, 3.8) is 0 Å². The van der Waals surface area contributed by atoms with Gasteiger partial charge in [0.05, 0.1) is 7.11 Å². The van der Waals surface area contributed by atoms with Gasteiger partial charge < -0.3 is 9.47 Å². The van der Waals surface area contributed by atoms with E-state index >= 15 is 0 Å². The van der Waals surface area contributed by atoms with Crippen molar-refractivity contribution in [3.05, 3.63) is 48.6 Å². The van der Waals surface area contributed by atoms with Gasteiger partial charge in [-0.2, -0.15) is 0 Å². The molecule has 24 heavy (non-hydrogen) atoms. The number of hydrogen-bond acceptors (Lipinski definition) is 6. The van der Waals surface area contributed by atoms with Crippen molar-refractivity contribution in [2.24, 2.45) is 0 Å². The maximum Gasteiger partial charge on any atom is 0.318 e. The number of carbonyl (C=O) groups is 1. The first kappa shape index (κ1) is 18.0. The molecule has 0 spiro atoms. The molecule has 0 aliphatic carbocycles. The minimum absolute atomic E-state index is 0.0505. The smallest absolute Gasteiger partial charge is 0.318 e. The van der Waals surface area contributed by atoms with Crippen LogP contribution in [0, 0.1) is 5.82 Å². The normalized spacial score (nSPS) is 11.8. The zero-order valence-corrected chi connectivity index (χ0v) is 14.3.